The van der Waals surface area contributed by atoms with E-state index in [0.717, 1.165) is 23.7 Å². The minimum absolute atomic E-state index is 0.416. The molecule has 21 heavy (non-hydrogen) atoms. The Labute approximate surface area is 125 Å². The Morgan fingerprint density at radius 3 is 2.81 bits per heavy atom. The molecule has 0 aliphatic rings. The average Bonchev–Trinajstić information content (AvgIpc) is 2.89. The van der Waals surface area contributed by atoms with Gasteiger partial charge in [-0.25, -0.2) is 9.97 Å². The average molecular weight is 290 g/mol. The van der Waals surface area contributed by atoms with E-state index in [4.69, 9.17) is 4.74 Å². The fourth-order valence-corrected chi connectivity index (χ4v) is 1.97. The third kappa shape index (κ3) is 4.16. The Balaban J connectivity index is 2.16. The lowest BCUT2D eigenvalue weighted by Crippen LogP contribution is -2.19. The summed E-state index contributed by atoms with van der Waals surface area (Å²) in [6.45, 7) is 3.76. The molecule has 7 nitrogen and oxygen atoms in total. The summed E-state index contributed by atoms with van der Waals surface area (Å²) in [7, 11) is 5.75. The van der Waals surface area contributed by atoms with Gasteiger partial charge < -0.3 is 15.0 Å². The normalized spacial score (nSPS) is 10.7. The van der Waals surface area contributed by atoms with Crippen LogP contribution in [0.5, 0.6) is 0 Å². The van der Waals surface area contributed by atoms with E-state index in [2.05, 4.69) is 25.3 Å². The van der Waals surface area contributed by atoms with Gasteiger partial charge in [-0.15, -0.1) is 0 Å². The number of rotatable bonds is 7. The topological polar surface area (TPSA) is 68.1 Å². The number of nitrogens with one attached hydrogen (secondary N) is 1. The second-order valence-corrected chi connectivity index (χ2v) is 4.79. The number of anilines is 2. The minimum atomic E-state index is 0.416. The van der Waals surface area contributed by atoms with Gasteiger partial charge in [0, 0.05) is 52.1 Å². The summed E-state index contributed by atoms with van der Waals surface area (Å²) in [5.41, 5.74) is 1.14. The van der Waals surface area contributed by atoms with Gasteiger partial charge in [0.05, 0.1) is 6.20 Å². The van der Waals surface area contributed by atoms with Gasteiger partial charge in [0.25, 0.3) is 0 Å². The van der Waals surface area contributed by atoms with Crippen molar-refractivity contribution in [3.63, 3.8) is 0 Å². The molecule has 2 rings (SSSR count). The quantitative estimate of drug-likeness (QED) is 0.832. The molecule has 0 aromatic carbocycles. The highest BCUT2D eigenvalue weighted by molar-refractivity contribution is 5.48. The third-order valence-electron chi connectivity index (χ3n) is 3.02. The molecule has 0 bridgehead atoms. The monoisotopic (exact) mass is 290 g/mol. The number of nitrogens with zero attached hydrogens (tertiary/aromatic N) is 5. The molecule has 0 fully saturated rings. The number of hydrogen-bond acceptors (Lipinski definition) is 6. The first-order chi connectivity index (χ1) is 10.1. The van der Waals surface area contributed by atoms with E-state index in [9.17, 15) is 0 Å². The second-order valence-electron chi connectivity index (χ2n) is 4.79. The van der Waals surface area contributed by atoms with Crippen molar-refractivity contribution in [3.05, 3.63) is 29.8 Å². The molecule has 0 saturated heterocycles. The van der Waals surface area contributed by atoms with Crippen molar-refractivity contribution in [2.24, 2.45) is 7.05 Å². The van der Waals surface area contributed by atoms with Crippen LogP contribution in [0.3, 0.4) is 0 Å². The zero-order valence-corrected chi connectivity index (χ0v) is 13.0. The highest BCUT2D eigenvalue weighted by Crippen LogP contribution is 2.17. The van der Waals surface area contributed by atoms with Gasteiger partial charge >= 0.3 is 0 Å². The molecule has 114 valence electrons. The zero-order valence-electron chi connectivity index (χ0n) is 13.0. The number of ether oxygens (including phenoxy) is 1. The molecular formula is C14H22N6O. The molecule has 7 heteroatoms. The van der Waals surface area contributed by atoms with Gasteiger partial charge in [-0.1, -0.05) is 0 Å². The third-order valence-corrected chi connectivity index (χ3v) is 3.02. The molecule has 2 aromatic rings. The van der Waals surface area contributed by atoms with Gasteiger partial charge in [0.15, 0.2) is 5.82 Å². The molecule has 0 saturated carbocycles. The highest BCUT2D eigenvalue weighted by atomic mass is 16.5. The molecule has 0 atom stereocenters. The zero-order chi connectivity index (χ0) is 15.2. The van der Waals surface area contributed by atoms with Crippen LogP contribution in [0.25, 0.3) is 0 Å². The molecule has 0 aliphatic heterocycles. The van der Waals surface area contributed by atoms with E-state index < -0.39 is 0 Å². The number of aromatic nitrogens is 4. The first-order valence-electron chi connectivity index (χ1n) is 6.94. The van der Waals surface area contributed by atoms with E-state index in [1.807, 2.05) is 46.5 Å². The first kappa shape index (κ1) is 15.2. The Morgan fingerprint density at radius 2 is 2.19 bits per heavy atom. The number of aryl methyl sites for hydroxylation is 1. The van der Waals surface area contributed by atoms with Gasteiger partial charge in [0.2, 0.25) is 0 Å². The fraction of sp³-hybridized carbons (Fsp3) is 0.500. The van der Waals surface area contributed by atoms with E-state index in [-0.39, 0.29) is 0 Å². The summed E-state index contributed by atoms with van der Waals surface area (Å²) in [6, 6.07) is 1.92. The van der Waals surface area contributed by atoms with Crippen LogP contribution >= 0.6 is 0 Å². The van der Waals surface area contributed by atoms with Crippen LogP contribution in [0, 0.1) is 0 Å². The maximum absolute atomic E-state index is 5.39. The SMILES string of the molecule is CCOCc1nc(NC)cc(N(C)Cc2cnn(C)c2)n1. The minimum Gasteiger partial charge on any atom is -0.374 e. The van der Waals surface area contributed by atoms with Crippen LogP contribution in [0.15, 0.2) is 18.5 Å². The number of hydrogen-bond donors (Lipinski definition) is 1. The van der Waals surface area contributed by atoms with Crippen LogP contribution in [0.1, 0.15) is 18.3 Å². The molecule has 2 aromatic heterocycles. The smallest absolute Gasteiger partial charge is 0.158 e. The summed E-state index contributed by atoms with van der Waals surface area (Å²) < 4.78 is 7.19. The van der Waals surface area contributed by atoms with Crippen molar-refractivity contribution in [2.75, 3.05) is 30.9 Å². The van der Waals surface area contributed by atoms with Crippen molar-refractivity contribution in [1.29, 1.82) is 0 Å². The van der Waals surface area contributed by atoms with Crippen LogP contribution in [-0.4, -0.2) is 40.5 Å². The van der Waals surface area contributed by atoms with Gasteiger partial charge in [-0.2, -0.15) is 5.10 Å². The fourth-order valence-electron chi connectivity index (χ4n) is 1.97. The van der Waals surface area contributed by atoms with E-state index in [1.54, 1.807) is 4.68 Å². The Morgan fingerprint density at radius 1 is 1.38 bits per heavy atom. The van der Waals surface area contributed by atoms with Gasteiger partial charge in [-0.3, -0.25) is 4.68 Å². The van der Waals surface area contributed by atoms with Crippen LogP contribution < -0.4 is 10.2 Å². The van der Waals surface area contributed by atoms with Crippen molar-refractivity contribution in [3.8, 4) is 0 Å². The molecule has 2 heterocycles. The molecule has 1 N–H and O–H groups in total. The Bertz CT molecular complexity index is 583. The van der Waals surface area contributed by atoms with Crippen LogP contribution in [-0.2, 0) is 24.9 Å². The molecule has 0 radical (unpaired) electrons. The van der Waals surface area contributed by atoms with Crippen LogP contribution in [0.2, 0.25) is 0 Å². The molecule has 0 spiro atoms. The molecular weight excluding hydrogens is 268 g/mol. The molecule has 0 aliphatic carbocycles. The summed E-state index contributed by atoms with van der Waals surface area (Å²) >= 11 is 0. The summed E-state index contributed by atoms with van der Waals surface area (Å²) in [4.78, 5) is 11.0. The van der Waals surface area contributed by atoms with E-state index >= 15 is 0 Å². The Hall–Kier alpha value is -2.15. The van der Waals surface area contributed by atoms with Crippen molar-refractivity contribution in [2.45, 2.75) is 20.1 Å². The Kier molecular flexibility index (Phi) is 5.10. The highest BCUT2D eigenvalue weighted by Gasteiger charge is 2.09. The van der Waals surface area contributed by atoms with Crippen molar-refractivity contribution < 1.29 is 4.74 Å². The second kappa shape index (κ2) is 7.03. The van der Waals surface area contributed by atoms with Crippen LogP contribution in [0.4, 0.5) is 11.6 Å². The summed E-state index contributed by atoms with van der Waals surface area (Å²) in [5, 5.41) is 7.24. The largest absolute Gasteiger partial charge is 0.374 e. The maximum atomic E-state index is 5.39. The predicted molar refractivity (Wildman–Crippen MR) is 82.2 cm³/mol. The van der Waals surface area contributed by atoms with Crippen molar-refractivity contribution >= 4 is 11.6 Å². The first-order valence-corrected chi connectivity index (χ1v) is 6.94. The van der Waals surface area contributed by atoms with E-state index in [1.165, 1.54) is 0 Å². The molecule has 0 amide bonds. The lowest BCUT2D eigenvalue weighted by atomic mass is 10.3. The van der Waals surface area contributed by atoms with Gasteiger partial charge in [0.1, 0.15) is 18.2 Å². The van der Waals surface area contributed by atoms with E-state index in [0.29, 0.717) is 19.0 Å². The maximum Gasteiger partial charge on any atom is 0.158 e. The lowest BCUT2D eigenvalue weighted by molar-refractivity contribution is 0.128. The van der Waals surface area contributed by atoms with Crippen molar-refractivity contribution in [1.82, 2.24) is 19.7 Å². The lowest BCUT2D eigenvalue weighted by Gasteiger charge is -2.18. The summed E-state index contributed by atoms with van der Waals surface area (Å²) in [6.07, 6.45) is 3.86. The predicted octanol–water partition coefficient (Wildman–Crippen LogP) is 1.42. The van der Waals surface area contributed by atoms with Gasteiger partial charge in [-0.05, 0) is 6.92 Å². The molecule has 0 unspecified atom stereocenters. The standard InChI is InChI=1S/C14H22N6O/c1-5-21-10-13-17-12(15-2)6-14(18-13)19(3)8-11-7-16-20(4)9-11/h6-7,9H,5,8,10H2,1-4H3,(H,15,17,18). The summed E-state index contributed by atoms with van der Waals surface area (Å²) in [5.74, 6) is 2.32.